The van der Waals surface area contributed by atoms with Gasteiger partial charge in [0.15, 0.2) is 16.8 Å². The average molecular weight is 366 g/mol. The molecule has 0 saturated heterocycles. The van der Waals surface area contributed by atoms with Gasteiger partial charge in [0.25, 0.3) is 0 Å². The number of Topliss-reactive ketones (excluding diaryl/α,β-unsaturated/α-hetero) is 1. The molecule has 0 aliphatic heterocycles. The summed E-state index contributed by atoms with van der Waals surface area (Å²) >= 11 is 1.43. The standard InChI is InChI=1S/C21H23N3OS/c1-4-7-16-10-12-17(13-11-16)19(25)14-26-21-23-22-20(24(21)3)18-9-6-5-8-15(18)2/h5-6,8-13H,4,7,14H2,1-3H3. The van der Waals surface area contributed by atoms with Crippen LogP contribution in [-0.2, 0) is 13.5 Å². The Balaban J connectivity index is 1.68. The van der Waals surface area contributed by atoms with Gasteiger partial charge in [-0.25, -0.2) is 0 Å². The SMILES string of the molecule is CCCc1ccc(C(=O)CSc2nnc(-c3ccccc3C)n2C)cc1. The highest BCUT2D eigenvalue weighted by atomic mass is 32.2. The molecule has 0 fully saturated rings. The van der Waals surface area contributed by atoms with Crippen LogP contribution in [0.2, 0.25) is 0 Å². The Hall–Kier alpha value is -2.40. The summed E-state index contributed by atoms with van der Waals surface area (Å²) in [4.78, 5) is 12.5. The first kappa shape index (κ1) is 18.4. The maximum Gasteiger partial charge on any atom is 0.191 e. The lowest BCUT2D eigenvalue weighted by Gasteiger charge is -2.06. The van der Waals surface area contributed by atoms with Crippen LogP contribution >= 0.6 is 11.8 Å². The van der Waals surface area contributed by atoms with Crippen molar-refractivity contribution in [3.8, 4) is 11.4 Å². The molecular weight excluding hydrogens is 342 g/mol. The van der Waals surface area contributed by atoms with Crippen LogP contribution in [-0.4, -0.2) is 26.3 Å². The lowest BCUT2D eigenvalue weighted by molar-refractivity contribution is 0.102. The first-order valence-electron chi connectivity index (χ1n) is 8.80. The predicted molar refractivity (Wildman–Crippen MR) is 107 cm³/mol. The minimum atomic E-state index is 0.110. The van der Waals surface area contributed by atoms with E-state index in [9.17, 15) is 4.79 Å². The maximum atomic E-state index is 12.5. The molecule has 1 heterocycles. The first-order valence-corrected chi connectivity index (χ1v) is 9.79. The van der Waals surface area contributed by atoms with E-state index in [2.05, 4.69) is 30.1 Å². The molecule has 3 aromatic rings. The van der Waals surface area contributed by atoms with Gasteiger partial charge in [-0.15, -0.1) is 10.2 Å². The second-order valence-corrected chi connectivity index (χ2v) is 7.28. The molecule has 0 atom stereocenters. The number of aromatic nitrogens is 3. The normalized spacial score (nSPS) is 10.9. The summed E-state index contributed by atoms with van der Waals surface area (Å²) in [6.07, 6.45) is 2.16. The van der Waals surface area contributed by atoms with Crippen molar-refractivity contribution in [2.45, 2.75) is 31.8 Å². The summed E-state index contributed by atoms with van der Waals surface area (Å²) in [6.45, 7) is 4.21. The van der Waals surface area contributed by atoms with Crippen molar-refractivity contribution in [1.29, 1.82) is 0 Å². The molecule has 0 radical (unpaired) electrons. The van der Waals surface area contributed by atoms with Crippen LogP contribution < -0.4 is 0 Å². The van der Waals surface area contributed by atoms with Gasteiger partial charge in [0.1, 0.15) is 0 Å². The molecule has 3 rings (SSSR count). The molecule has 0 spiro atoms. The van der Waals surface area contributed by atoms with Crippen LogP contribution in [0.1, 0.15) is 34.8 Å². The molecule has 0 unspecified atom stereocenters. The number of rotatable bonds is 7. The molecule has 0 saturated carbocycles. The fourth-order valence-electron chi connectivity index (χ4n) is 2.86. The third-order valence-corrected chi connectivity index (χ3v) is 5.39. The maximum absolute atomic E-state index is 12.5. The molecule has 0 bridgehead atoms. The van der Waals surface area contributed by atoms with Gasteiger partial charge in [0, 0.05) is 18.2 Å². The second kappa shape index (κ2) is 8.32. The van der Waals surface area contributed by atoms with Gasteiger partial charge in [0.05, 0.1) is 5.75 Å². The van der Waals surface area contributed by atoms with Crippen molar-refractivity contribution in [3.63, 3.8) is 0 Å². The van der Waals surface area contributed by atoms with E-state index in [-0.39, 0.29) is 5.78 Å². The predicted octanol–water partition coefficient (Wildman–Crippen LogP) is 4.72. The summed E-state index contributed by atoms with van der Waals surface area (Å²) in [5.74, 6) is 1.29. The van der Waals surface area contributed by atoms with E-state index in [1.54, 1.807) is 0 Å². The van der Waals surface area contributed by atoms with E-state index in [4.69, 9.17) is 0 Å². The second-order valence-electron chi connectivity index (χ2n) is 6.34. The van der Waals surface area contributed by atoms with Crippen molar-refractivity contribution in [2.75, 3.05) is 5.75 Å². The van der Waals surface area contributed by atoms with Gasteiger partial charge in [0.2, 0.25) is 0 Å². The number of carbonyl (C=O) groups excluding carboxylic acids is 1. The fraction of sp³-hybridized carbons (Fsp3) is 0.286. The quantitative estimate of drug-likeness (QED) is 0.449. The van der Waals surface area contributed by atoms with Crippen LogP contribution in [0.15, 0.2) is 53.7 Å². The minimum Gasteiger partial charge on any atom is -0.305 e. The van der Waals surface area contributed by atoms with Gasteiger partial charge in [-0.1, -0.05) is 73.6 Å². The number of benzene rings is 2. The molecule has 4 nitrogen and oxygen atoms in total. The number of ketones is 1. The summed E-state index contributed by atoms with van der Waals surface area (Å²) < 4.78 is 1.95. The van der Waals surface area contributed by atoms with Crippen molar-refractivity contribution in [2.24, 2.45) is 7.05 Å². The summed E-state index contributed by atoms with van der Waals surface area (Å²) in [6, 6.07) is 16.0. The molecule has 0 aliphatic carbocycles. The number of aryl methyl sites for hydroxylation is 2. The first-order chi connectivity index (χ1) is 12.6. The number of hydrogen-bond donors (Lipinski definition) is 0. The smallest absolute Gasteiger partial charge is 0.191 e. The zero-order chi connectivity index (χ0) is 18.5. The highest BCUT2D eigenvalue weighted by Gasteiger charge is 2.14. The number of carbonyl (C=O) groups is 1. The number of hydrogen-bond acceptors (Lipinski definition) is 4. The Bertz CT molecular complexity index is 900. The molecule has 1 aromatic heterocycles. The highest BCUT2D eigenvalue weighted by molar-refractivity contribution is 7.99. The molecule has 26 heavy (non-hydrogen) atoms. The van der Waals surface area contributed by atoms with E-state index >= 15 is 0 Å². The molecule has 2 aromatic carbocycles. The zero-order valence-corrected chi connectivity index (χ0v) is 16.2. The topological polar surface area (TPSA) is 47.8 Å². The Morgan fingerprint density at radius 2 is 1.81 bits per heavy atom. The van der Waals surface area contributed by atoms with E-state index in [0.29, 0.717) is 5.75 Å². The average Bonchev–Trinajstić information content (AvgIpc) is 3.01. The van der Waals surface area contributed by atoms with Gasteiger partial charge in [-0.05, 0) is 24.5 Å². The van der Waals surface area contributed by atoms with Crippen molar-refractivity contribution in [1.82, 2.24) is 14.8 Å². The Morgan fingerprint density at radius 3 is 2.50 bits per heavy atom. The van der Waals surface area contributed by atoms with E-state index in [1.165, 1.54) is 17.3 Å². The summed E-state index contributed by atoms with van der Waals surface area (Å²) in [7, 11) is 1.94. The largest absolute Gasteiger partial charge is 0.305 e. The monoisotopic (exact) mass is 365 g/mol. The molecule has 5 heteroatoms. The fourth-order valence-corrected chi connectivity index (χ4v) is 3.66. The van der Waals surface area contributed by atoms with E-state index in [0.717, 1.165) is 40.5 Å². The highest BCUT2D eigenvalue weighted by Crippen LogP contribution is 2.25. The van der Waals surface area contributed by atoms with Gasteiger partial charge < -0.3 is 4.57 Å². The van der Waals surface area contributed by atoms with Gasteiger partial charge >= 0.3 is 0 Å². The summed E-state index contributed by atoms with van der Waals surface area (Å²) in [5, 5.41) is 9.32. The number of nitrogens with zero attached hydrogens (tertiary/aromatic N) is 3. The molecule has 0 N–H and O–H groups in total. The van der Waals surface area contributed by atoms with Gasteiger partial charge in [-0.3, -0.25) is 4.79 Å². The minimum absolute atomic E-state index is 0.110. The van der Waals surface area contributed by atoms with Crippen LogP contribution in [0.5, 0.6) is 0 Å². The van der Waals surface area contributed by atoms with Crippen molar-refractivity contribution in [3.05, 3.63) is 65.2 Å². The van der Waals surface area contributed by atoms with Gasteiger partial charge in [-0.2, -0.15) is 0 Å². The third-order valence-electron chi connectivity index (χ3n) is 4.37. The molecular formula is C21H23N3OS. The molecule has 134 valence electrons. The van der Waals surface area contributed by atoms with Crippen LogP contribution in [0.3, 0.4) is 0 Å². The lowest BCUT2D eigenvalue weighted by atomic mass is 10.1. The van der Waals surface area contributed by atoms with Crippen LogP contribution in [0.4, 0.5) is 0 Å². The van der Waals surface area contributed by atoms with E-state index in [1.807, 2.05) is 54.1 Å². The lowest BCUT2D eigenvalue weighted by Crippen LogP contribution is -2.04. The molecule has 0 amide bonds. The molecule has 0 aliphatic rings. The van der Waals surface area contributed by atoms with Crippen LogP contribution in [0, 0.1) is 6.92 Å². The Labute approximate surface area is 158 Å². The van der Waals surface area contributed by atoms with Crippen LogP contribution in [0.25, 0.3) is 11.4 Å². The Kier molecular flexibility index (Phi) is 5.89. The van der Waals surface area contributed by atoms with Crippen molar-refractivity contribution < 1.29 is 4.79 Å². The Morgan fingerprint density at radius 1 is 1.08 bits per heavy atom. The van der Waals surface area contributed by atoms with E-state index < -0.39 is 0 Å². The van der Waals surface area contributed by atoms with Crippen molar-refractivity contribution >= 4 is 17.5 Å². The summed E-state index contributed by atoms with van der Waals surface area (Å²) in [5.41, 5.74) is 4.24. The number of thioether (sulfide) groups is 1. The third kappa shape index (κ3) is 4.05. The zero-order valence-electron chi connectivity index (χ0n) is 15.4.